The molecule has 0 spiro atoms. The van der Waals surface area contributed by atoms with E-state index in [-0.39, 0.29) is 32.5 Å². The number of ether oxygens (including phenoxy) is 2. The van der Waals surface area contributed by atoms with Crippen LogP contribution in [0.1, 0.15) is 25.7 Å². The SMILES string of the molecule is NC1(OCCO)CCCCC1OCCO. The average Bonchev–Trinajstić information content (AvgIpc) is 2.25. The van der Waals surface area contributed by atoms with Gasteiger partial charge in [-0.15, -0.1) is 0 Å². The van der Waals surface area contributed by atoms with Crippen LogP contribution in [0.25, 0.3) is 0 Å². The molecule has 0 aliphatic heterocycles. The van der Waals surface area contributed by atoms with Crippen molar-refractivity contribution in [3.8, 4) is 0 Å². The molecule has 0 aromatic heterocycles. The molecule has 1 fully saturated rings. The fourth-order valence-corrected chi connectivity index (χ4v) is 1.96. The zero-order valence-electron chi connectivity index (χ0n) is 9.02. The lowest BCUT2D eigenvalue weighted by Crippen LogP contribution is -2.56. The molecule has 2 atom stereocenters. The molecule has 0 heterocycles. The highest BCUT2D eigenvalue weighted by Crippen LogP contribution is 2.29. The van der Waals surface area contributed by atoms with Crippen molar-refractivity contribution in [2.45, 2.75) is 37.5 Å². The van der Waals surface area contributed by atoms with Gasteiger partial charge in [0.2, 0.25) is 0 Å². The smallest absolute Gasteiger partial charge is 0.143 e. The molecular weight excluding hydrogens is 198 g/mol. The highest BCUT2D eigenvalue weighted by molar-refractivity contribution is 4.88. The normalized spacial score (nSPS) is 31.8. The Bertz CT molecular complexity index is 179. The standard InChI is InChI=1S/C10H21NO4/c11-10(15-8-6-13)4-2-1-3-9(10)14-7-5-12/h9,12-13H,1-8,11H2. The summed E-state index contributed by atoms with van der Waals surface area (Å²) < 4.78 is 10.9. The van der Waals surface area contributed by atoms with Crippen molar-refractivity contribution in [3.05, 3.63) is 0 Å². The topological polar surface area (TPSA) is 84.9 Å². The molecule has 0 aromatic rings. The first-order valence-electron chi connectivity index (χ1n) is 5.49. The van der Waals surface area contributed by atoms with Gasteiger partial charge in [0.05, 0.1) is 32.5 Å². The molecular formula is C10H21NO4. The van der Waals surface area contributed by atoms with Crippen LogP contribution in [0.15, 0.2) is 0 Å². The molecule has 1 aliphatic carbocycles. The first-order chi connectivity index (χ1) is 7.23. The highest BCUT2D eigenvalue weighted by Gasteiger charge is 2.38. The number of nitrogens with two attached hydrogens (primary N) is 1. The Labute approximate surface area is 90.2 Å². The van der Waals surface area contributed by atoms with Crippen LogP contribution in [0.5, 0.6) is 0 Å². The van der Waals surface area contributed by atoms with E-state index in [9.17, 15) is 0 Å². The van der Waals surface area contributed by atoms with Gasteiger partial charge in [-0.05, 0) is 19.3 Å². The van der Waals surface area contributed by atoms with Crippen LogP contribution in [0.3, 0.4) is 0 Å². The number of hydrogen-bond donors (Lipinski definition) is 3. The first-order valence-corrected chi connectivity index (χ1v) is 5.49. The van der Waals surface area contributed by atoms with Gasteiger partial charge in [0.15, 0.2) is 0 Å². The summed E-state index contributed by atoms with van der Waals surface area (Å²) >= 11 is 0. The second kappa shape index (κ2) is 6.40. The van der Waals surface area contributed by atoms with Crippen molar-refractivity contribution in [2.75, 3.05) is 26.4 Å². The summed E-state index contributed by atoms with van der Waals surface area (Å²) in [7, 11) is 0. The predicted molar refractivity (Wildman–Crippen MR) is 55.3 cm³/mol. The second-order valence-corrected chi connectivity index (χ2v) is 3.86. The van der Waals surface area contributed by atoms with Gasteiger partial charge in [-0.1, -0.05) is 6.42 Å². The van der Waals surface area contributed by atoms with E-state index < -0.39 is 5.72 Å². The summed E-state index contributed by atoms with van der Waals surface area (Å²) in [6.45, 7) is 0.472. The molecule has 0 aromatic carbocycles. The van der Waals surface area contributed by atoms with Gasteiger partial charge in [0.25, 0.3) is 0 Å². The average molecular weight is 219 g/mol. The van der Waals surface area contributed by atoms with Gasteiger partial charge in [-0.25, -0.2) is 0 Å². The third kappa shape index (κ3) is 3.70. The third-order valence-corrected chi connectivity index (χ3v) is 2.70. The lowest BCUT2D eigenvalue weighted by Gasteiger charge is -2.40. The maximum atomic E-state index is 8.71. The van der Waals surface area contributed by atoms with Crippen LogP contribution in [0.4, 0.5) is 0 Å². The van der Waals surface area contributed by atoms with Crippen molar-refractivity contribution in [1.29, 1.82) is 0 Å². The molecule has 1 rings (SSSR count). The Morgan fingerprint density at radius 3 is 2.60 bits per heavy atom. The first kappa shape index (κ1) is 12.9. The van der Waals surface area contributed by atoms with Gasteiger partial charge in [-0.2, -0.15) is 0 Å². The van der Waals surface area contributed by atoms with E-state index in [1.807, 2.05) is 0 Å². The third-order valence-electron chi connectivity index (χ3n) is 2.70. The summed E-state index contributed by atoms with van der Waals surface area (Å²) in [6.07, 6.45) is 3.49. The maximum Gasteiger partial charge on any atom is 0.143 e. The monoisotopic (exact) mass is 219 g/mol. The molecule has 0 radical (unpaired) electrons. The van der Waals surface area contributed by atoms with Crippen molar-refractivity contribution < 1.29 is 19.7 Å². The molecule has 1 aliphatic rings. The zero-order chi connectivity index (χ0) is 11.1. The van der Waals surface area contributed by atoms with Crippen molar-refractivity contribution >= 4 is 0 Å². The number of aliphatic hydroxyl groups is 2. The lowest BCUT2D eigenvalue weighted by molar-refractivity contribution is -0.169. The molecule has 2 unspecified atom stereocenters. The molecule has 15 heavy (non-hydrogen) atoms. The van der Waals surface area contributed by atoms with Gasteiger partial charge < -0.3 is 25.4 Å². The second-order valence-electron chi connectivity index (χ2n) is 3.86. The molecule has 1 saturated carbocycles. The minimum absolute atomic E-state index is 0.00736. The van der Waals surface area contributed by atoms with Crippen molar-refractivity contribution in [3.63, 3.8) is 0 Å². The van der Waals surface area contributed by atoms with E-state index in [0.29, 0.717) is 0 Å². The maximum absolute atomic E-state index is 8.71. The highest BCUT2D eigenvalue weighted by atomic mass is 16.6. The van der Waals surface area contributed by atoms with Crippen LogP contribution >= 0.6 is 0 Å². The fourth-order valence-electron chi connectivity index (χ4n) is 1.96. The van der Waals surface area contributed by atoms with Crippen LogP contribution in [0.2, 0.25) is 0 Å². The van der Waals surface area contributed by atoms with E-state index >= 15 is 0 Å². The Morgan fingerprint density at radius 2 is 1.93 bits per heavy atom. The van der Waals surface area contributed by atoms with Gasteiger partial charge >= 0.3 is 0 Å². The Kier molecular flexibility index (Phi) is 5.49. The minimum Gasteiger partial charge on any atom is -0.394 e. The van der Waals surface area contributed by atoms with Crippen molar-refractivity contribution in [1.82, 2.24) is 0 Å². The summed E-state index contributed by atoms with van der Waals surface area (Å²) in [5.41, 5.74) is 5.29. The summed E-state index contributed by atoms with van der Waals surface area (Å²) in [4.78, 5) is 0. The van der Waals surface area contributed by atoms with Crippen LogP contribution in [-0.2, 0) is 9.47 Å². The summed E-state index contributed by atoms with van der Waals surface area (Å²) in [5, 5.41) is 17.4. The van der Waals surface area contributed by atoms with Crippen LogP contribution < -0.4 is 5.73 Å². The van der Waals surface area contributed by atoms with E-state index in [1.165, 1.54) is 0 Å². The Morgan fingerprint density at radius 1 is 1.20 bits per heavy atom. The Hall–Kier alpha value is -0.200. The quantitative estimate of drug-likeness (QED) is 0.529. The molecule has 4 N–H and O–H groups in total. The summed E-state index contributed by atoms with van der Waals surface area (Å²) in [5.74, 6) is 0. The Balaban J connectivity index is 2.46. The lowest BCUT2D eigenvalue weighted by atomic mass is 9.89. The summed E-state index contributed by atoms with van der Waals surface area (Å²) in [6, 6.07) is 0. The predicted octanol–water partition coefficient (Wildman–Crippen LogP) is -0.398. The van der Waals surface area contributed by atoms with E-state index in [1.54, 1.807) is 0 Å². The molecule has 0 saturated heterocycles. The van der Waals surface area contributed by atoms with Crippen LogP contribution in [0, 0.1) is 0 Å². The number of aliphatic hydroxyl groups excluding tert-OH is 2. The molecule has 5 nitrogen and oxygen atoms in total. The zero-order valence-corrected chi connectivity index (χ0v) is 9.02. The molecule has 5 heteroatoms. The minimum atomic E-state index is -0.795. The largest absolute Gasteiger partial charge is 0.394 e. The van der Waals surface area contributed by atoms with Gasteiger partial charge in [0, 0.05) is 0 Å². The van der Waals surface area contributed by atoms with Crippen molar-refractivity contribution in [2.24, 2.45) is 5.73 Å². The van der Waals surface area contributed by atoms with Gasteiger partial charge in [0.1, 0.15) is 5.72 Å². The molecule has 0 bridgehead atoms. The van der Waals surface area contributed by atoms with Gasteiger partial charge in [-0.3, -0.25) is 0 Å². The van der Waals surface area contributed by atoms with E-state index in [2.05, 4.69) is 0 Å². The number of rotatable bonds is 6. The van der Waals surface area contributed by atoms with E-state index in [0.717, 1.165) is 25.7 Å². The molecule has 0 amide bonds. The fraction of sp³-hybridized carbons (Fsp3) is 1.00. The van der Waals surface area contributed by atoms with Crippen LogP contribution in [-0.4, -0.2) is 48.5 Å². The number of hydrogen-bond acceptors (Lipinski definition) is 5. The molecule has 90 valence electrons. The van der Waals surface area contributed by atoms with E-state index in [4.69, 9.17) is 25.4 Å².